The fourth-order valence-corrected chi connectivity index (χ4v) is 2.24. The summed E-state index contributed by atoms with van der Waals surface area (Å²) in [4.78, 5) is 7.44. The van der Waals surface area contributed by atoms with Gasteiger partial charge in [-0.1, -0.05) is 35.0 Å². The van der Waals surface area contributed by atoms with Crippen LogP contribution in [0.25, 0.3) is 0 Å². The minimum atomic E-state index is 0.281. The zero-order chi connectivity index (χ0) is 12.1. The van der Waals surface area contributed by atoms with Crippen molar-refractivity contribution < 1.29 is 0 Å². The molecule has 0 saturated heterocycles. The van der Waals surface area contributed by atoms with Crippen molar-refractivity contribution in [1.29, 1.82) is 0 Å². The molecule has 0 bridgehead atoms. The van der Waals surface area contributed by atoms with Gasteiger partial charge >= 0.3 is 0 Å². The van der Waals surface area contributed by atoms with Gasteiger partial charge in [0.15, 0.2) is 0 Å². The summed E-state index contributed by atoms with van der Waals surface area (Å²) in [5, 5.41) is 3.50. The molecule has 2 aromatic rings. The second-order valence-corrected chi connectivity index (χ2v) is 4.86. The number of hydrogen-bond donors (Lipinski definition) is 2. The van der Waals surface area contributed by atoms with E-state index in [9.17, 15) is 0 Å². The molecule has 2 rings (SSSR count). The Hall–Kier alpha value is -1.13. The van der Waals surface area contributed by atoms with E-state index in [0.717, 1.165) is 23.3 Å². The van der Waals surface area contributed by atoms with Crippen LogP contribution in [0.15, 0.2) is 41.1 Å². The molecule has 0 aliphatic heterocycles. The predicted molar refractivity (Wildman–Crippen MR) is 72.6 cm³/mol. The third-order valence-corrected chi connectivity index (χ3v) is 3.19. The van der Waals surface area contributed by atoms with Crippen molar-refractivity contribution in [2.75, 3.05) is 0 Å². The molecule has 3 nitrogen and oxygen atoms in total. The number of halogens is 1. The molecule has 1 aromatic heterocycles. The summed E-state index contributed by atoms with van der Waals surface area (Å²) in [6, 6.07) is 8.61. The van der Waals surface area contributed by atoms with Crippen LogP contribution in [-0.2, 0) is 6.54 Å². The highest BCUT2D eigenvalue weighted by molar-refractivity contribution is 9.10. The molecule has 2 N–H and O–H groups in total. The summed E-state index contributed by atoms with van der Waals surface area (Å²) in [7, 11) is 0. The van der Waals surface area contributed by atoms with Gasteiger partial charge in [-0.15, -0.1) is 0 Å². The van der Waals surface area contributed by atoms with Crippen molar-refractivity contribution in [2.45, 2.75) is 25.9 Å². The number of nitrogens with one attached hydrogen (secondary N) is 2. The zero-order valence-electron chi connectivity index (χ0n) is 9.78. The number of hydrogen-bond acceptors (Lipinski definition) is 2. The Balaban J connectivity index is 1.97. The van der Waals surface area contributed by atoms with E-state index in [2.05, 4.69) is 56.3 Å². The fourth-order valence-electron chi connectivity index (χ4n) is 1.79. The van der Waals surface area contributed by atoms with Gasteiger partial charge in [0.05, 0.1) is 6.04 Å². The summed E-state index contributed by atoms with van der Waals surface area (Å²) in [6.07, 6.45) is 4.67. The average Bonchev–Trinajstić information content (AvgIpc) is 2.84. The highest BCUT2D eigenvalue weighted by Gasteiger charge is 2.10. The van der Waals surface area contributed by atoms with Gasteiger partial charge in [0.25, 0.3) is 0 Å². The highest BCUT2D eigenvalue weighted by atomic mass is 79.9. The molecule has 1 heterocycles. The van der Waals surface area contributed by atoms with Crippen LogP contribution in [0.4, 0.5) is 0 Å². The molecule has 0 radical (unpaired) electrons. The lowest BCUT2D eigenvalue weighted by molar-refractivity contribution is 0.498. The van der Waals surface area contributed by atoms with Gasteiger partial charge in [-0.3, -0.25) is 0 Å². The minimum absolute atomic E-state index is 0.281. The quantitative estimate of drug-likeness (QED) is 0.887. The van der Waals surface area contributed by atoms with E-state index < -0.39 is 0 Å². The zero-order valence-corrected chi connectivity index (χ0v) is 11.4. The van der Waals surface area contributed by atoms with Crippen LogP contribution in [0.3, 0.4) is 0 Å². The number of imidazole rings is 1. The molecule has 0 fully saturated rings. The normalized spacial score (nSPS) is 12.6. The van der Waals surface area contributed by atoms with Gasteiger partial charge < -0.3 is 10.3 Å². The molecule has 1 unspecified atom stereocenters. The SMILES string of the molecule is CCC(NCc1cccc(Br)c1)c1ncc[nH]1. The van der Waals surface area contributed by atoms with Gasteiger partial charge in [-0.2, -0.15) is 0 Å². The third kappa shape index (κ3) is 3.41. The average molecular weight is 294 g/mol. The molecule has 1 aromatic carbocycles. The van der Waals surface area contributed by atoms with Crippen LogP contribution >= 0.6 is 15.9 Å². The van der Waals surface area contributed by atoms with Crippen LogP contribution in [0.1, 0.15) is 30.8 Å². The van der Waals surface area contributed by atoms with E-state index in [-0.39, 0.29) is 6.04 Å². The maximum atomic E-state index is 4.29. The first-order valence-electron chi connectivity index (χ1n) is 5.76. The topological polar surface area (TPSA) is 40.7 Å². The highest BCUT2D eigenvalue weighted by Crippen LogP contribution is 2.15. The van der Waals surface area contributed by atoms with E-state index in [1.165, 1.54) is 5.56 Å². The van der Waals surface area contributed by atoms with Crippen molar-refractivity contribution in [3.05, 3.63) is 52.5 Å². The van der Waals surface area contributed by atoms with Crippen molar-refractivity contribution in [1.82, 2.24) is 15.3 Å². The van der Waals surface area contributed by atoms with Crippen LogP contribution in [-0.4, -0.2) is 9.97 Å². The number of rotatable bonds is 5. The maximum absolute atomic E-state index is 4.29. The summed E-state index contributed by atoms with van der Waals surface area (Å²) >= 11 is 3.48. The third-order valence-electron chi connectivity index (χ3n) is 2.70. The van der Waals surface area contributed by atoms with E-state index in [0.29, 0.717) is 0 Å². The number of aromatic amines is 1. The molecule has 1 atom stereocenters. The summed E-state index contributed by atoms with van der Waals surface area (Å²) < 4.78 is 1.11. The van der Waals surface area contributed by atoms with Crippen molar-refractivity contribution in [2.24, 2.45) is 0 Å². The molecule has 90 valence electrons. The van der Waals surface area contributed by atoms with Crippen LogP contribution < -0.4 is 5.32 Å². The largest absolute Gasteiger partial charge is 0.347 e. The number of aromatic nitrogens is 2. The molecule has 0 aliphatic rings. The van der Waals surface area contributed by atoms with Gasteiger partial charge in [0.2, 0.25) is 0 Å². The van der Waals surface area contributed by atoms with E-state index >= 15 is 0 Å². The molecular weight excluding hydrogens is 278 g/mol. The standard InChI is InChI=1S/C13H16BrN3/c1-2-12(13-15-6-7-16-13)17-9-10-4-3-5-11(14)8-10/h3-8,12,17H,2,9H2,1H3,(H,15,16). The Kier molecular flexibility index (Phi) is 4.34. The van der Waals surface area contributed by atoms with Gasteiger partial charge in [0.1, 0.15) is 5.82 Å². The smallest absolute Gasteiger partial charge is 0.123 e. The summed E-state index contributed by atoms with van der Waals surface area (Å²) in [5.41, 5.74) is 1.27. The van der Waals surface area contributed by atoms with E-state index in [1.54, 1.807) is 6.20 Å². The first-order valence-corrected chi connectivity index (χ1v) is 6.56. The van der Waals surface area contributed by atoms with Crippen LogP contribution in [0.5, 0.6) is 0 Å². The number of H-pyrrole nitrogens is 1. The van der Waals surface area contributed by atoms with Crippen molar-refractivity contribution >= 4 is 15.9 Å². The molecule has 0 aliphatic carbocycles. The molecule has 0 saturated carbocycles. The lowest BCUT2D eigenvalue weighted by atomic mass is 10.2. The summed E-state index contributed by atoms with van der Waals surface area (Å²) in [6.45, 7) is 3.00. The van der Waals surface area contributed by atoms with Crippen molar-refractivity contribution in [3.8, 4) is 0 Å². The van der Waals surface area contributed by atoms with Crippen molar-refractivity contribution in [3.63, 3.8) is 0 Å². The molecular formula is C13H16BrN3. The Bertz CT molecular complexity index is 453. The molecule has 0 amide bonds. The molecule has 0 spiro atoms. The monoisotopic (exact) mass is 293 g/mol. The second-order valence-electron chi connectivity index (χ2n) is 3.95. The Morgan fingerprint density at radius 2 is 2.35 bits per heavy atom. The summed E-state index contributed by atoms with van der Waals surface area (Å²) in [5.74, 6) is 1.00. The number of benzene rings is 1. The first-order chi connectivity index (χ1) is 8.29. The van der Waals surface area contributed by atoms with Crippen LogP contribution in [0.2, 0.25) is 0 Å². The predicted octanol–water partition coefficient (Wildman–Crippen LogP) is 3.41. The first kappa shape index (κ1) is 12.3. The van der Waals surface area contributed by atoms with Gasteiger partial charge in [-0.25, -0.2) is 4.98 Å². The Labute approximate surface area is 110 Å². The van der Waals surface area contributed by atoms with E-state index in [1.807, 2.05) is 12.3 Å². The maximum Gasteiger partial charge on any atom is 0.123 e. The lowest BCUT2D eigenvalue weighted by Crippen LogP contribution is -2.21. The minimum Gasteiger partial charge on any atom is -0.347 e. The molecule has 4 heteroatoms. The van der Waals surface area contributed by atoms with Gasteiger partial charge in [0, 0.05) is 23.4 Å². The van der Waals surface area contributed by atoms with Crippen LogP contribution in [0, 0.1) is 0 Å². The van der Waals surface area contributed by atoms with E-state index in [4.69, 9.17) is 0 Å². The number of nitrogens with zero attached hydrogens (tertiary/aromatic N) is 1. The Morgan fingerprint density at radius 3 is 3.00 bits per heavy atom. The lowest BCUT2D eigenvalue weighted by Gasteiger charge is -2.14. The fraction of sp³-hybridized carbons (Fsp3) is 0.308. The van der Waals surface area contributed by atoms with Gasteiger partial charge in [-0.05, 0) is 24.1 Å². The Morgan fingerprint density at radius 1 is 1.47 bits per heavy atom. The second kappa shape index (κ2) is 5.98. The molecule has 17 heavy (non-hydrogen) atoms.